The van der Waals surface area contributed by atoms with E-state index in [-0.39, 0.29) is 46.1 Å². The number of aliphatic hydroxyl groups is 1. The van der Waals surface area contributed by atoms with E-state index in [1.807, 2.05) is 0 Å². The van der Waals surface area contributed by atoms with Crippen LogP contribution in [-0.2, 0) is 47.8 Å². The molecule has 1 unspecified atom stereocenters. The third kappa shape index (κ3) is 12.0. The van der Waals surface area contributed by atoms with Crippen molar-refractivity contribution < 1.29 is 83.6 Å². The van der Waals surface area contributed by atoms with Crippen molar-refractivity contribution in [1.29, 1.82) is 0 Å². The largest absolute Gasteiger partial charge is 0.481 e. The maximum Gasteiger partial charge on any atom is 0.349 e. The number of rotatable bonds is 15. The van der Waals surface area contributed by atoms with Crippen LogP contribution in [-0.4, -0.2) is 147 Å². The summed E-state index contributed by atoms with van der Waals surface area (Å²) in [7, 11) is 0. The van der Waals surface area contributed by atoms with Crippen LogP contribution in [0.3, 0.4) is 0 Å². The summed E-state index contributed by atoms with van der Waals surface area (Å²) in [6.07, 6.45) is -10.4. The van der Waals surface area contributed by atoms with Gasteiger partial charge in [-0.3, -0.25) is 24.0 Å². The molecule has 0 rings (SSSR count). The van der Waals surface area contributed by atoms with E-state index in [0.29, 0.717) is 0 Å². The van der Waals surface area contributed by atoms with Gasteiger partial charge in [0.15, 0.2) is 6.10 Å². The first-order valence-corrected chi connectivity index (χ1v) is 8.43. The summed E-state index contributed by atoms with van der Waals surface area (Å²) < 4.78 is 8.70. The summed E-state index contributed by atoms with van der Waals surface area (Å²) in [5, 5.41) is 63.3. The van der Waals surface area contributed by atoms with E-state index in [0.717, 1.165) is 0 Å². The second-order valence-corrected chi connectivity index (χ2v) is 6.50. The zero-order valence-electron chi connectivity index (χ0n) is 16.3. The lowest BCUT2D eigenvalue weighted by Gasteiger charge is -2.28. The Kier molecular flexibility index (Phi) is 16.1. The molecule has 0 aromatic rings. The third-order valence-corrected chi connectivity index (χ3v) is 3.76. The molecule has 0 radical (unpaired) electrons. The summed E-state index contributed by atoms with van der Waals surface area (Å²) in [6.45, 7) is 0. The van der Waals surface area contributed by atoms with Gasteiger partial charge in [0.1, 0.15) is 0 Å². The van der Waals surface area contributed by atoms with Crippen molar-refractivity contribution in [2.24, 2.45) is 0 Å². The highest BCUT2D eigenvalue weighted by Crippen LogP contribution is 2.25. The van der Waals surface area contributed by atoms with Crippen LogP contribution in [0.2, 0.25) is 0 Å². The van der Waals surface area contributed by atoms with E-state index in [9.17, 15) is 43.5 Å². The predicted molar refractivity (Wildman–Crippen MR) is 110 cm³/mol. The van der Waals surface area contributed by atoms with Crippen LogP contribution >= 0.6 is 0 Å². The molecule has 35 heavy (non-hydrogen) atoms. The molecule has 0 fully saturated rings. The number of carbonyl (C=O) groups excluding carboxylic acids is 2. The van der Waals surface area contributed by atoms with Crippen molar-refractivity contribution in [2.75, 3.05) is 0 Å². The minimum atomic E-state index is -3.20. The summed E-state index contributed by atoms with van der Waals surface area (Å²) in [4.78, 5) is 90.3. The number of hydrogen-bond donors (Lipinski definition) is 7. The van der Waals surface area contributed by atoms with Gasteiger partial charge in [0.05, 0.1) is 32.1 Å². The molecule has 0 amide bonds. The molecule has 0 heterocycles. The van der Waals surface area contributed by atoms with Gasteiger partial charge in [-0.2, -0.15) is 0 Å². The maximum absolute atomic E-state index is 12.0. The third-order valence-electron chi connectivity index (χ3n) is 3.76. The molecule has 0 saturated carbocycles. The summed E-state index contributed by atoms with van der Waals surface area (Å²) in [5.41, 5.74) is -6.34. The Labute approximate surface area is 226 Å². The Morgan fingerprint density at radius 1 is 0.571 bits per heavy atom. The maximum atomic E-state index is 12.0. The Hall–Kier alpha value is -2.75. The van der Waals surface area contributed by atoms with Crippen molar-refractivity contribution in [3.8, 4) is 0 Å². The van der Waals surface area contributed by atoms with Gasteiger partial charge in [0, 0.05) is 0 Å². The molecule has 17 nitrogen and oxygen atoms in total. The van der Waals surface area contributed by atoms with Crippen LogP contribution in [0.4, 0.5) is 0 Å². The molecule has 0 saturated heterocycles. The van der Waals surface area contributed by atoms with Crippen LogP contribution in [0, 0.1) is 0 Å². The monoisotopic (exact) mass is 534 g/mol. The molecule has 192 valence electrons. The van der Waals surface area contributed by atoms with Crippen LogP contribution in [0.15, 0.2) is 0 Å². The molecule has 1 atom stereocenters. The van der Waals surface area contributed by atoms with Crippen molar-refractivity contribution in [2.45, 2.75) is 49.4 Å². The van der Waals surface area contributed by atoms with E-state index in [1.54, 1.807) is 0 Å². The van der Waals surface area contributed by atoms with E-state index in [4.69, 9.17) is 30.6 Å². The fraction of sp³-hybridized carbons (Fsp3) is 0.500. The Morgan fingerprint density at radius 2 is 0.857 bits per heavy atom. The highest BCUT2D eigenvalue weighted by atomic mass is 24.3. The van der Waals surface area contributed by atoms with Gasteiger partial charge in [-0.15, -0.1) is 0 Å². The quantitative estimate of drug-likeness (QED) is 0.0768. The smallest absolute Gasteiger partial charge is 0.349 e. The Bertz CT molecular complexity index is 834. The van der Waals surface area contributed by atoms with Crippen LogP contribution in [0.25, 0.3) is 0 Å². The molecule has 19 heteroatoms. The lowest BCUT2D eigenvalue weighted by atomic mass is 9.95. The number of esters is 2. The number of aliphatic carboxylic acids is 6. The molecule has 0 aliphatic rings. The second-order valence-electron chi connectivity index (χ2n) is 6.50. The number of hydrogen-bond acceptors (Lipinski definition) is 11. The van der Waals surface area contributed by atoms with Gasteiger partial charge in [-0.25, -0.2) is 14.4 Å². The van der Waals surface area contributed by atoms with Gasteiger partial charge in [-0.05, 0) is 0 Å². The first-order chi connectivity index (χ1) is 15.0. The molecule has 0 aliphatic heterocycles. The fourth-order valence-corrected chi connectivity index (χ4v) is 2.40. The first-order valence-electron chi connectivity index (χ1n) is 8.43. The molecule has 0 aromatic carbocycles. The minimum absolute atomic E-state index is 0. The Morgan fingerprint density at radius 3 is 1.11 bits per heavy atom. The first kappa shape index (κ1) is 36.8. The number of aliphatic hydroxyl groups excluding tert-OH is 1. The number of carbonyl (C=O) groups is 8. The normalized spacial score (nSPS) is 11.5. The molecule has 0 aromatic heterocycles. The van der Waals surface area contributed by atoms with Gasteiger partial charge >= 0.3 is 93.9 Å². The van der Waals surface area contributed by atoms with Crippen molar-refractivity contribution in [3.05, 3.63) is 0 Å². The summed E-state index contributed by atoms with van der Waals surface area (Å²) in [5.74, 6) is -15.9. The predicted octanol–water partition coefficient (Wildman–Crippen LogP) is -4.46. The molecular weight excluding hydrogens is 513 g/mol. The van der Waals surface area contributed by atoms with E-state index in [2.05, 4.69) is 9.47 Å². The van der Waals surface area contributed by atoms with Crippen LogP contribution in [0.1, 0.15) is 32.1 Å². The summed E-state index contributed by atoms with van der Waals surface area (Å²) >= 11 is 0. The highest BCUT2D eigenvalue weighted by molar-refractivity contribution is 5.93. The molecule has 0 bridgehead atoms. The zero-order valence-corrected chi connectivity index (χ0v) is 16.3. The van der Waals surface area contributed by atoms with Crippen molar-refractivity contribution >= 4 is 93.9 Å². The topological polar surface area (TPSA) is 297 Å². The van der Waals surface area contributed by atoms with E-state index >= 15 is 0 Å². The molecule has 0 aliphatic carbocycles. The van der Waals surface area contributed by atoms with Crippen molar-refractivity contribution in [3.63, 3.8) is 0 Å². The van der Waals surface area contributed by atoms with E-state index in [1.165, 1.54) is 0 Å². The van der Waals surface area contributed by atoms with Gasteiger partial charge in [0.2, 0.25) is 11.2 Å². The number of ether oxygens (including phenoxy) is 2. The van der Waals surface area contributed by atoms with Gasteiger partial charge in [-0.1, -0.05) is 0 Å². The standard InChI is InChI=1S/C16H18O17.2Mg.4H/c17-6(12(27)33-16(14(30)31,4-9(22)23)5-10(24)25)1-11(26)32-15(13(28)29,2-7(18)19)3-8(20)21;;;;;;/h6,17H,1-5H2,(H,18,19)(H,20,21)(H,22,23)(H,24,25)(H,28,29)(H,30,31);;;;;;. The SMILES string of the molecule is O=C(O)CC(CC(=O)O)(OC(=O)CC(O)C(=O)OC(CC(=O)O)(CC(=O)O)C(=O)O)C(=O)O.[MgH2].[MgH2]. The Balaban J connectivity index is -0.00000512. The summed E-state index contributed by atoms with van der Waals surface area (Å²) in [6, 6.07) is 0. The molecular formula is C16H22Mg2O17. The average molecular weight is 535 g/mol. The molecule has 0 spiro atoms. The number of carboxylic acids is 6. The molecule has 7 N–H and O–H groups in total. The fourth-order valence-electron chi connectivity index (χ4n) is 2.40. The zero-order chi connectivity index (χ0) is 26.1. The van der Waals surface area contributed by atoms with Crippen LogP contribution in [0.5, 0.6) is 0 Å². The lowest BCUT2D eigenvalue weighted by molar-refractivity contribution is -0.195. The highest BCUT2D eigenvalue weighted by Gasteiger charge is 2.50. The average Bonchev–Trinajstić information content (AvgIpc) is 2.58. The minimum Gasteiger partial charge on any atom is -0.481 e. The lowest BCUT2D eigenvalue weighted by Crippen LogP contribution is -2.49. The second kappa shape index (κ2) is 15.3. The van der Waals surface area contributed by atoms with Crippen LogP contribution < -0.4 is 0 Å². The van der Waals surface area contributed by atoms with Gasteiger partial charge in [0.25, 0.3) is 0 Å². The van der Waals surface area contributed by atoms with Gasteiger partial charge < -0.3 is 45.2 Å². The number of carboxylic acid groups (broad SMARTS) is 6. The van der Waals surface area contributed by atoms with Crippen molar-refractivity contribution in [1.82, 2.24) is 0 Å². The van der Waals surface area contributed by atoms with E-state index < -0.39 is 97.2 Å².